The summed E-state index contributed by atoms with van der Waals surface area (Å²) in [7, 11) is 0. The number of fused-ring (bicyclic) bond motifs is 1. The van der Waals surface area contributed by atoms with Gasteiger partial charge in [-0.15, -0.1) is 0 Å². The minimum atomic E-state index is 0.0396. The third-order valence-corrected chi connectivity index (χ3v) is 4.14. The van der Waals surface area contributed by atoms with Crippen molar-refractivity contribution in [3.05, 3.63) is 18.2 Å². The first-order chi connectivity index (χ1) is 7.84. The fourth-order valence-corrected chi connectivity index (χ4v) is 3.20. The Morgan fingerprint density at radius 2 is 2.38 bits per heavy atom. The van der Waals surface area contributed by atoms with Crippen LogP contribution in [-0.2, 0) is 4.74 Å². The average molecular weight is 282 g/mol. The normalized spacial score (nSPS) is 26.6. The average Bonchev–Trinajstić information content (AvgIpc) is 2.89. The van der Waals surface area contributed by atoms with Crippen LogP contribution in [0.25, 0.3) is 0 Å². The van der Waals surface area contributed by atoms with Crippen LogP contribution in [0.3, 0.4) is 0 Å². The van der Waals surface area contributed by atoms with E-state index in [1.165, 1.54) is 0 Å². The summed E-state index contributed by atoms with van der Waals surface area (Å²) in [6.45, 7) is 2.96. The molecule has 0 saturated carbocycles. The summed E-state index contributed by atoms with van der Waals surface area (Å²) in [5.74, 6) is 0. The molecule has 1 N–H and O–H groups in total. The second-order valence-corrected chi connectivity index (χ2v) is 5.16. The van der Waals surface area contributed by atoms with Crippen molar-refractivity contribution in [2.24, 2.45) is 7.92 Å². The molecule has 1 saturated heterocycles. The quantitative estimate of drug-likeness (QED) is 0.861. The molecule has 2 unspecified atom stereocenters. The van der Waals surface area contributed by atoms with E-state index >= 15 is 0 Å². The molecule has 0 aliphatic carbocycles. The maximum absolute atomic E-state index is 5.54. The molecule has 2 aliphatic heterocycles. The summed E-state index contributed by atoms with van der Waals surface area (Å²) >= 11 is 0.0396. The van der Waals surface area contributed by atoms with Gasteiger partial charge in [0, 0.05) is 0 Å². The number of rotatable bonds is 2. The second-order valence-electron chi connectivity index (χ2n) is 4.05. The van der Waals surface area contributed by atoms with Crippen LogP contribution in [0.5, 0.6) is 0 Å². The van der Waals surface area contributed by atoms with Gasteiger partial charge in [0.2, 0.25) is 0 Å². The van der Waals surface area contributed by atoms with Gasteiger partial charge in [-0.25, -0.2) is 0 Å². The molecule has 0 amide bonds. The molecule has 5 heteroatoms. The Kier molecular flexibility index (Phi) is 2.67. The van der Waals surface area contributed by atoms with E-state index in [2.05, 4.69) is 26.2 Å². The third kappa shape index (κ3) is 1.75. The van der Waals surface area contributed by atoms with Crippen molar-refractivity contribution < 1.29 is 4.74 Å². The monoisotopic (exact) mass is 283 g/mol. The van der Waals surface area contributed by atoms with Gasteiger partial charge in [0.1, 0.15) is 0 Å². The molecule has 2 aliphatic rings. The molecule has 2 atom stereocenters. The van der Waals surface area contributed by atoms with Crippen molar-refractivity contribution in [2.75, 3.05) is 11.9 Å². The van der Waals surface area contributed by atoms with E-state index in [4.69, 9.17) is 4.74 Å². The first kappa shape index (κ1) is 10.3. The fourth-order valence-electron chi connectivity index (χ4n) is 2.04. The number of benzene rings is 1. The van der Waals surface area contributed by atoms with Crippen LogP contribution in [-0.4, -0.2) is 33.3 Å². The van der Waals surface area contributed by atoms with Crippen LogP contribution in [0.2, 0.25) is 0 Å². The Hall–Kier alpha value is -0.901. The molecule has 0 radical (unpaired) electrons. The molecule has 0 bridgehead atoms. The van der Waals surface area contributed by atoms with Gasteiger partial charge < -0.3 is 0 Å². The molecule has 1 fully saturated rings. The predicted octanol–water partition coefficient (Wildman–Crippen LogP) is 2.62. The summed E-state index contributed by atoms with van der Waals surface area (Å²) in [6.07, 6.45) is 1.34. The van der Waals surface area contributed by atoms with Crippen LogP contribution in [0.1, 0.15) is 13.3 Å². The third-order valence-electron chi connectivity index (χ3n) is 3.00. The van der Waals surface area contributed by atoms with Crippen molar-refractivity contribution in [2.45, 2.75) is 25.5 Å². The molecule has 1 aromatic carbocycles. The molecule has 84 valence electrons. The van der Waals surface area contributed by atoms with Gasteiger partial charge in [-0.05, 0) is 0 Å². The Balaban J connectivity index is 1.85. The minimum absolute atomic E-state index is 0.0396. The number of nitrogens with zero attached hydrogens (tertiary/aromatic N) is 2. The summed E-state index contributed by atoms with van der Waals surface area (Å²) in [5, 5.41) is 3.52. The van der Waals surface area contributed by atoms with E-state index < -0.39 is 0 Å². The number of ether oxygens (including phenoxy) is 1. The van der Waals surface area contributed by atoms with Gasteiger partial charge in [-0.1, -0.05) is 0 Å². The Morgan fingerprint density at radius 1 is 1.44 bits per heavy atom. The number of hydrogen-bond acceptors (Lipinski definition) is 4. The molecule has 2 heterocycles. The van der Waals surface area contributed by atoms with Crippen molar-refractivity contribution in [3.63, 3.8) is 0 Å². The van der Waals surface area contributed by atoms with E-state index in [9.17, 15) is 0 Å². The van der Waals surface area contributed by atoms with Crippen LogP contribution < -0.4 is 5.32 Å². The van der Waals surface area contributed by atoms with E-state index in [0.717, 1.165) is 30.1 Å². The van der Waals surface area contributed by atoms with E-state index in [1.54, 1.807) is 0 Å². The molecule has 0 aromatic heterocycles. The first-order valence-corrected chi connectivity index (χ1v) is 6.97. The van der Waals surface area contributed by atoms with Crippen molar-refractivity contribution in [3.8, 4) is 0 Å². The van der Waals surface area contributed by atoms with Gasteiger partial charge in [0.15, 0.2) is 0 Å². The van der Waals surface area contributed by atoms with Gasteiger partial charge in [0.25, 0.3) is 0 Å². The Bertz CT molecular complexity index is 482. The zero-order chi connectivity index (χ0) is 11.0. The second kappa shape index (κ2) is 4.17. The molecule has 3 rings (SSSR count). The summed E-state index contributed by atoms with van der Waals surface area (Å²) in [5.41, 5.74) is 3.15. The SMILES string of the molecule is CC1OCCC1Nc1cccc2c1N=[Se]=N2. The van der Waals surface area contributed by atoms with Crippen LogP contribution in [0.15, 0.2) is 26.1 Å². The standard InChI is InChI=1S/C11H13N3OSe/c1-7-8(5-6-15-7)12-9-3-2-4-10-11(9)14-16-13-10/h2-4,7-8,12H,5-6H2,1H3. The van der Waals surface area contributed by atoms with Gasteiger partial charge >= 0.3 is 99.9 Å². The van der Waals surface area contributed by atoms with Crippen molar-refractivity contribution >= 4 is 31.6 Å². The topological polar surface area (TPSA) is 46.0 Å². The van der Waals surface area contributed by atoms with E-state index in [1.807, 2.05) is 12.1 Å². The number of hydrogen-bond donors (Lipinski definition) is 1. The molecule has 0 spiro atoms. The summed E-state index contributed by atoms with van der Waals surface area (Å²) in [6, 6.07) is 6.52. The summed E-state index contributed by atoms with van der Waals surface area (Å²) < 4.78 is 14.4. The summed E-state index contributed by atoms with van der Waals surface area (Å²) in [4.78, 5) is 0. The molecule has 16 heavy (non-hydrogen) atoms. The van der Waals surface area contributed by atoms with Gasteiger partial charge in [-0.3, -0.25) is 0 Å². The van der Waals surface area contributed by atoms with Crippen molar-refractivity contribution in [1.29, 1.82) is 0 Å². The zero-order valence-corrected chi connectivity index (χ0v) is 10.7. The Labute approximate surface area is 100 Å². The van der Waals surface area contributed by atoms with Gasteiger partial charge in [-0.2, -0.15) is 0 Å². The molecule has 4 nitrogen and oxygen atoms in total. The zero-order valence-electron chi connectivity index (χ0n) is 9.01. The molecular weight excluding hydrogens is 269 g/mol. The van der Waals surface area contributed by atoms with Crippen LogP contribution in [0, 0.1) is 0 Å². The molecule has 1 aromatic rings. The van der Waals surface area contributed by atoms with E-state index in [-0.39, 0.29) is 20.7 Å². The van der Waals surface area contributed by atoms with Crippen LogP contribution >= 0.6 is 0 Å². The van der Waals surface area contributed by atoms with Gasteiger partial charge in [0.05, 0.1) is 0 Å². The predicted molar refractivity (Wildman–Crippen MR) is 63.8 cm³/mol. The fraction of sp³-hybridized carbons (Fsp3) is 0.455. The Morgan fingerprint density at radius 3 is 3.19 bits per heavy atom. The first-order valence-electron chi connectivity index (χ1n) is 5.44. The molecular formula is C11H13N3OSe. The number of nitrogens with one attached hydrogen (secondary N) is 1. The maximum atomic E-state index is 5.54. The van der Waals surface area contributed by atoms with Crippen LogP contribution in [0.4, 0.5) is 17.1 Å². The number of anilines is 1. The van der Waals surface area contributed by atoms with Crippen molar-refractivity contribution in [1.82, 2.24) is 0 Å². The van der Waals surface area contributed by atoms with E-state index in [0.29, 0.717) is 6.04 Å².